The second-order valence-corrected chi connectivity index (χ2v) is 8.96. The Kier molecular flexibility index (Phi) is 10.6. The molecule has 1 atom stereocenters. The molecule has 1 N–H and O–H groups in total. The SMILES string of the molecule is CN=C(NCCC1CCCN(C(=O)OC(C)(C)C)C1)N(C)Cc1ccsc1.I. The number of nitrogens with one attached hydrogen (secondary N) is 1. The lowest BCUT2D eigenvalue weighted by Gasteiger charge is -2.34. The molecule has 1 fully saturated rings. The Morgan fingerprint density at radius 1 is 1.46 bits per heavy atom. The molecule has 0 radical (unpaired) electrons. The number of amides is 1. The summed E-state index contributed by atoms with van der Waals surface area (Å²) < 4.78 is 5.51. The van der Waals surface area contributed by atoms with Crippen LogP contribution in [0.1, 0.15) is 45.6 Å². The summed E-state index contributed by atoms with van der Waals surface area (Å²) in [5.74, 6) is 1.40. The molecule has 1 aliphatic heterocycles. The van der Waals surface area contributed by atoms with Crippen molar-refractivity contribution in [2.24, 2.45) is 10.9 Å². The van der Waals surface area contributed by atoms with Crippen molar-refractivity contribution in [2.75, 3.05) is 33.7 Å². The quantitative estimate of drug-likeness (QED) is 0.354. The van der Waals surface area contributed by atoms with Crippen LogP contribution in [0.3, 0.4) is 0 Å². The van der Waals surface area contributed by atoms with E-state index in [0.717, 1.165) is 51.4 Å². The summed E-state index contributed by atoms with van der Waals surface area (Å²) in [6.07, 6.45) is 3.03. The summed E-state index contributed by atoms with van der Waals surface area (Å²) in [5.41, 5.74) is 0.858. The maximum atomic E-state index is 12.3. The van der Waals surface area contributed by atoms with Gasteiger partial charge in [-0.2, -0.15) is 11.3 Å². The van der Waals surface area contributed by atoms with E-state index in [2.05, 4.69) is 39.1 Å². The third-order valence-electron chi connectivity index (χ3n) is 4.58. The number of hydrogen-bond acceptors (Lipinski definition) is 4. The van der Waals surface area contributed by atoms with E-state index in [1.54, 1.807) is 11.3 Å². The van der Waals surface area contributed by atoms with Gasteiger partial charge in [0.05, 0.1) is 0 Å². The van der Waals surface area contributed by atoms with Gasteiger partial charge < -0.3 is 19.9 Å². The normalized spacial score (nSPS) is 17.7. The van der Waals surface area contributed by atoms with Gasteiger partial charge in [0.1, 0.15) is 5.60 Å². The van der Waals surface area contributed by atoms with Gasteiger partial charge in [0.25, 0.3) is 0 Å². The van der Waals surface area contributed by atoms with Crippen molar-refractivity contribution in [2.45, 2.75) is 52.2 Å². The number of rotatable bonds is 5. The summed E-state index contributed by atoms with van der Waals surface area (Å²) in [7, 11) is 3.87. The number of hydrogen-bond donors (Lipinski definition) is 1. The highest BCUT2D eigenvalue weighted by Crippen LogP contribution is 2.21. The first kappa shape index (κ1) is 25.0. The number of piperidine rings is 1. The van der Waals surface area contributed by atoms with Gasteiger partial charge in [0.2, 0.25) is 0 Å². The third-order valence-corrected chi connectivity index (χ3v) is 5.31. The van der Waals surface area contributed by atoms with Crippen LogP contribution in [0.4, 0.5) is 4.79 Å². The number of likely N-dealkylation sites (tertiary alicyclic amines) is 1. The van der Waals surface area contributed by atoms with Crippen LogP contribution in [0.5, 0.6) is 0 Å². The van der Waals surface area contributed by atoms with Crippen LogP contribution in [0.15, 0.2) is 21.8 Å². The Balaban J connectivity index is 0.00000392. The smallest absolute Gasteiger partial charge is 0.410 e. The minimum atomic E-state index is -0.439. The summed E-state index contributed by atoms with van der Waals surface area (Å²) >= 11 is 1.71. The van der Waals surface area contributed by atoms with E-state index < -0.39 is 5.60 Å². The lowest BCUT2D eigenvalue weighted by molar-refractivity contribution is 0.0162. The third kappa shape index (κ3) is 8.55. The zero-order valence-electron chi connectivity index (χ0n) is 17.7. The van der Waals surface area contributed by atoms with Crippen molar-refractivity contribution in [3.05, 3.63) is 22.4 Å². The second kappa shape index (κ2) is 11.8. The molecule has 28 heavy (non-hydrogen) atoms. The van der Waals surface area contributed by atoms with E-state index in [9.17, 15) is 4.79 Å². The van der Waals surface area contributed by atoms with Crippen LogP contribution in [-0.2, 0) is 11.3 Å². The van der Waals surface area contributed by atoms with E-state index in [0.29, 0.717) is 5.92 Å². The van der Waals surface area contributed by atoms with E-state index in [4.69, 9.17) is 4.74 Å². The van der Waals surface area contributed by atoms with Crippen LogP contribution in [-0.4, -0.2) is 61.2 Å². The number of carbonyl (C=O) groups is 1. The van der Waals surface area contributed by atoms with Crippen molar-refractivity contribution in [3.8, 4) is 0 Å². The largest absolute Gasteiger partial charge is 0.444 e. The lowest BCUT2D eigenvalue weighted by atomic mass is 9.95. The van der Waals surface area contributed by atoms with Crippen LogP contribution in [0.25, 0.3) is 0 Å². The zero-order chi connectivity index (χ0) is 19.9. The summed E-state index contributed by atoms with van der Waals surface area (Å²) in [6.45, 7) is 9.01. The molecule has 1 aromatic heterocycles. The Labute approximate surface area is 190 Å². The molecular weight excluding hydrogens is 487 g/mol. The van der Waals surface area contributed by atoms with Crippen molar-refractivity contribution >= 4 is 47.4 Å². The van der Waals surface area contributed by atoms with E-state index >= 15 is 0 Å². The average molecular weight is 522 g/mol. The summed E-state index contributed by atoms with van der Waals surface area (Å²) in [5, 5.41) is 7.72. The Bertz CT molecular complexity index is 616. The predicted molar refractivity (Wildman–Crippen MR) is 128 cm³/mol. The van der Waals surface area contributed by atoms with E-state index in [1.807, 2.05) is 32.7 Å². The molecule has 0 aromatic carbocycles. The maximum absolute atomic E-state index is 12.3. The molecule has 6 nitrogen and oxygen atoms in total. The second-order valence-electron chi connectivity index (χ2n) is 8.18. The van der Waals surface area contributed by atoms with E-state index in [1.165, 1.54) is 5.56 Å². The molecule has 1 saturated heterocycles. The van der Waals surface area contributed by atoms with Crippen LogP contribution < -0.4 is 5.32 Å². The molecule has 8 heteroatoms. The molecule has 1 unspecified atom stereocenters. The van der Waals surface area contributed by atoms with Crippen molar-refractivity contribution in [1.29, 1.82) is 0 Å². The molecular formula is C20H35IN4O2S. The maximum Gasteiger partial charge on any atom is 0.410 e. The molecule has 2 rings (SSSR count). The number of guanidine groups is 1. The topological polar surface area (TPSA) is 57.2 Å². The van der Waals surface area contributed by atoms with Gasteiger partial charge in [-0.15, -0.1) is 24.0 Å². The molecule has 1 aromatic rings. The molecule has 0 bridgehead atoms. The van der Waals surface area contributed by atoms with Gasteiger partial charge >= 0.3 is 6.09 Å². The number of ether oxygens (including phenoxy) is 1. The Morgan fingerprint density at radius 2 is 2.21 bits per heavy atom. The van der Waals surface area contributed by atoms with Crippen molar-refractivity contribution in [1.82, 2.24) is 15.1 Å². The molecule has 2 heterocycles. The van der Waals surface area contributed by atoms with Gasteiger partial charge in [-0.05, 0) is 68.3 Å². The van der Waals surface area contributed by atoms with Crippen LogP contribution in [0.2, 0.25) is 0 Å². The van der Waals surface area contributed by atoms with E-state index in [-0.39, 0.29) is 30.1 Å². The Morgan fingerprint density at radius 3 is 2.82 bits per heavy atom. The first-order chi connectivity index (χ1) is 12.8. The minimum Gasteiger partial charge on any atom is -0.444 e. The highest BCUT2D eigenvalue weighted by molar-refractivity contribution is 14.0. The summed E-state index contributed by atoms with van der Waals surface area (Å²) in [6, 6.07) is 2.14. The van der Waals surface area contributed by atoms with Crippen molar-refractivity contribution in [3.63, 3.8) is 0 Å². The van der Waals surface area contributed by atoms with Gasteiger partial charge in [0.15, 0.2) is 5.96 Å². The number of nitrogens with zero attached hydrogens (tertiary/aromatic N) is 3. The fourth-order valence-corrected chi connectivity index (χ4v) is 3.96. The zero-order valence-corrected chi connectivity index (χ0v) is 20.9. The fraction of sp³-hybridized carbons (Fsp3) is 0.700. The molecule has 1 amide bonds. The average Bonchev–Trinajstić information content (AvgIpc) is 3.10. The number of halogens is 1. The first-order valence-corrected chi connectivity index (χ1v) is 10.6. The lowest BCUT2D eigenvalue weighted by Crippen LogP contribution is -2.44. The number of carbonyl (C=O) groups excluding carboxylic acids is 1. The van der Waals surface area contributed by atoms with Gasteiger partial charge in [-0.25, -0.2) is 4.79 Å². The fourth-order valence-electron chi connectivity index (χ4n) is 3.30. The molecule has 160 valence electrons. The summed E-state index contributed by atoms with van der Waals surface area (Å²) in [4.78, 5) is 20.7. The predicted octanol–water partition coefficient (Wildman–Crippen LogP) is 4.41. The number of thiophene rings is 1. The highest BCUT2D eigenvalue weighted by Gasteiger charge is 2.27. The monoisotopic (exact) mass is 522 g/mol. The van der Waals surface area contributed by atoms with Crippen LogP contribution in [0, 0.1) is 5.92 Å². The van der Waals surface area contributed by atoms with Gasteiger partial charge in [0, 0.05) is 40.3 Å². The van der Waals surface area contributed by atoms with Gasteiger partial charge in [-0.1, -0.05) is 0 Å². The number of aliphatic imine (C=N–C) groups is 1. The minimum absolute atomic E-state index is 0. The molecule has 0 spiro atoms. The Hall–Kier alpha value is -1.03. The molecule has 0 aliphatic carbocycles. The van der Waals surface area contributed by atoms with Crippen molar-refractivity contribution < 1.29 is 9.53 Å². The highest BCUT2D eigenvalue weighted by atomic mass is 127. The first-order valence-electron chi connectivity index (χ1n) is 9.69. The molecule has 0 saturated carbocycles. The van der Waals surface area contributed by atoms with Crippen LogP contribution >= 0.6 is 35.3 Å². The standard InChI is InChI=1S/C20H34N4O2S.HI/c1-20(2,3)26-19(25)24-11-6-7-16(14-24)8-10-22-18(21-4)23(5)13-17-9-12-27-15-17;/h9,12,15-16H,6-8,10-11,13-14H2,1-5H3,(H,21,22);1H. The van der Waals surface area contributed by atoms with Gasteiger partial charge in [-0.3, -0.25) is 4.99 Å². The molecule has 1 aliphatic rings.